The van der Waals surface area contributed by atoms with Gasteiger partial charge in [-0.25, -0.2) is 0 Å². The molecule has 0 spiro atoms. The van der Waals surface area contributed by atoms with E-state index in [0.717, 1.165) is 5.75 Å². The minimum Gasteiger partial charge on any atom is -0.402 e. The van der Waals surface area contributed by atoms with Crippen molar-refractivity contribution in [2.24, 2.45) is 0 Å². The molecule has 0 fully saturated rings. The first kappa shape index (κ1) is 17.7. The average Bonchev–Trinajstić information content (AvgIpc) is 2.00. The van der Waals surface area contributed by atoms with Gasteiger partial charge < -0.3 is 19.4 Å². The van der Waals surface area contributed by atoms with Gasteiger partial charge in [0.1, 0.15) is 0 Å². The van der Waals surface area contributed by atoms with Crippen LogP contribution in [0.3, 0.4) is 0 Å². The summed E-state index contributed by atoms with van der Waals surface area (Å²) in [4.78, 5) is 0. The van der Waals surface area contributed by atoms with Crippen LogP contribution in [0.25, 0.3) is 0 Å². The molecule has 0 aromatic rings. The summed E-state index contributed by atoms with van der Waals surface area (Å²) in [5.41, 5.74) is 0. The molecule has 15 heavy (non-hydrogen) atoms. The molecule has 0 amide bonds. The number of hydrogen-bond donors (Lipinski definition) is 2. The molecule has 0 bridgehead atoms. The van der Waals surface area contributed by atoms with Crippen LogP contribution in [0, 0.1) is 0 Å². The molecule has 0 aliphatic rings. The number of rotatable bonds is 7. The maximum atomic E-state index is 8.34. The van der Waals surface area contributed by atoms with Crippen molar-refractivity contribution in [2.75, 3.05) is 25.6 Å². The lowest BCUT2D eigenvalue weighted by molar-refractivity contribution is 0.0879. The maximum absolute atomic E-state index is 8.34. The van der Waals surface area contributed by atoms with Crippen molar-refractivity contribution >= 4 is 27.5 Å². The number of ether oxygens (including phenoxy) is 1. The molecule has 0 aromatic carbocycles. The Morgan fingerprint density at radius 2 is 1.73 bits per heavy atom. The van der Waals surface area contributed by atoms with Crippen molar-refractivity contribution in [3.05, 3.63) is 0 Å². The van der Waals surface area contributed by atoms with Gasteiger partial charge in [0.05, 0.1) is 28.2 Å². The first-order chi connectivity index (χ1) is 6.42. The number of hydrogen-bond acceptors (Lipinski definition) is 5. The van der Waals surface area contributed by atoms with E-state index in [4.69, 9.17) is 14.8 Å². The van der Waals surface area contributed by atoms with Gasteiger partial charge in [0.15, 0.2) is 0 Å². The summed E-state index contributed by atoms with van der Waals surface area (Å²) in [6.45, 7) is 7.72. The van der Waals surface area contributed by atoms with E-state index < -0.39 is 7.32 Å². The van der Waals surface area contributed by atoms with Gasteiger partial charge in [0.25, 0.3) is 0 Å². The highest BCUT2D eigenvalue weighted by Gasteiger charge is 2.09. The topological polar surface area (TPSA) is 58.9 Å². The van der Waals surface area contributed by atoms with Crippen molar-refractivity contribution in [3.8, 4) is 0 Å². The highest BCUT2D eigenvalue weighted by Crippen LogP contribution is 2.22. The van der Waals surface area contributed by atoms with Gasteiger partial charge in [0.2, 0.25) is 0 Å². The maximum Gasteiger partial charge on any atom is 0.633 e. The van der Waals surface area contributed by atoms with Crippen LogP contribution in [-0.2, 0) is 9.39 Å². The van der Waals surface area contributed by atoms with Crippen LogP contribution >= 0.6 is 11.8 Å². The molecule has 0 unspecified atom stereocenters. The van der Waals surface area contributed by atoms with Gasteiger partial charge in [-0.2, -0.15) is 11.8 Å². The molecule has 0 radical (unpaired) electrons. The third kappa shape index (κ3) is 17.0. The average molecular weight is 236 g/mol. The largest absolute Gasteiger partial charge is 0.633 e. The van der Waals surface area contributed by atoms with Crippen molar-refractivity contribution in [1.82, 2.24) is 0 Å². The van der Waals surface area contributed by atoms with Crippen LogP contribution in [0.2, 0.25) is 0 Å². The van der Waals surface area contributed by atoms with Crippen LogP contribution in [0.5, 0.6) is 0 Å². The van der Waals surface area contributed by atoms with Gasteiger partial charge in [-0.05, 0) is 0 Å². The molecule has 0 aliphatic carbocycles. The van der Waals surface area contributed by atoms with Crippen molar-refractivity contribution < 1.29 is 19.4 Å². The fraction of sp³-hybridized carbons (Fsp3) is 1.00. The van der Waals surface area contributed by atoms with E-state index in [1.165, 1.54) is 0 Å². The second-order valence-corrected chi connectivity index (χ2v) is 5.69. The van der Waals surface area contributed by atoms with Crippen molar-refractivity contribution in [1.29, 1.82) is 0 Å². The Kier molecular flexibility index (Phi) is 11.3. The lowest BCUT2D eigenvalue weighted by Gasteiger charge is -2.17. The smallest absolute Gasteiger partial charge is 0.402 e. The monoisotopic (exact) mass is 236 g/mol. The third-order valence-corrected chi connectivity index (χ3v) is 2.49. The van der Waals surface area contributed by atoms with Gasteiger partial charge in [-0.3, -0.25) is 0 Å². The van der Waals surface area contributed by atoms with E-state index in [-0.39, 0.29) is 19.8 Å². The molecule has 0 rings (SSSR count). The quantitative estimate of drug-likeness (QED) is 0.453. The molecule has 0 heterocycles. The summed E-state index contributed by atoms with van der Waals surface area (Å²) in [5.74, 6) is 0.936. The van der Waals surface area contributed by atoms with Gasteiger partial charge in [-0.15, -0.1) is 0 Å². The van der Waals surface area contributed by atoms with E-state index in [1.807, 2.05) is 11.8 Å². The van der Waals surface area contributed by atoms with E-state index in [9.17, 15) is 0 Å². The lowest BCUT2D eigenvalue weighted by atomic mass is 10.3. The molecular weight excluding hydrogens is 214 g/mol. The zero-order chi connectivity index (χ0) is 11.0. The summed E-state index contributed by atoms with van der Waals surface area (Å²) in [6, 6.07) is 0. The summed E-state index contributed by atoms with van der Waals surface area (Å²) >= 11 is 1.83. The third-order valence-electron chi connectivity index (χ3n) is 1.26. The molecular formula is C8H22B2O4S. The second kappa shape index (κ2) is 9.54. The molecule has 0 saturated heterocycles. The summed E-state index contributed by atoms with van der Waals surface area (Å²) < 4.78 is 9.95. The predicted molar refractivity (Wildman–Crippen MR) is 69.1 cm³/mol. The fourth-order valence-corrected chi connectivity index (χ4v) is 1.53. The van der Waals surface area contributed by atoms with Crippen LogP contribution in [-0.4, -0.2) is 56.1 Å². The zero-order valence-corrected chi connectivity index (χ0v) is 9.84. The van der Waals surface area contributed by atoms with E-state index in [0.29, 0.717) is 13.2 Å². The van der Waals surface area contributed by atoms with E-state index >= 15 is 0 Å². The lowest BCUT2D eigenvalue weighted by Crippen LogP contribution is -2.20. The Labute approximate surface area is 98.5 Å². The van der Waals surface area contributed by atoms with E-state index in [2.05, 4.69) is 25.4 Å². The van der Waals surface area contributed by atoms with Crippen molar-refractivity contribution in [2.45, 2.75) is 25.5 Å². The first-order valence-electron chi connectivity index (χ1n) is 4.61. The highest BCUT2D eigenvalue weighted by atomic mass is 32.2. The molecule has 0 aromatic heterocycles. The van der Waals surface area contributed by atoms with E-state index in [1.54, 1.807) is 0 Å². The van der Waals surface area contributed by atoms with Gasteiger partial charge >= 0.3 is 7.32 Å². The SMILES string of the molecule is B.CC(C)(C)SCCOCCOB(O)O. The Hall–Kier alpha value is 0.320. The standard InChI is InChI=1S/C8H19BO4S.BH3/c1-8(2,3)14-7-6-12-4-5-13-9(10)11;/h10-11H,4-7H2,1-3H3;1H3. The second-order valence-electron chi connectivity index (χ2n) is 3.77. The highest BCUT2D eigenvalue weighted by molar-refractivity contribution is 8.00. The Morgan fingerprint density at radius 1 is 1.13 bits per heavy atom. The molecule has 4 nitrogen and oxygen atoms in total. The van der Waals surface area contributed by atoms with Gasteiger partial charge in [-0.1, -0.05) is 20.8 Å². The minimum absolute atomic E-state index is 0. The van der Waals surface area contributed by atoms with Crippen LogP contribution < -0.4 is 0 Å². The van der Waals surface area contributed by atoms with Crippen LogP contribution in [0.4, 0.5) is 0 Å². The molecule has 7 heteroatoms. The van der Waals surface area contributed by atoms with Gasteiger partial charge in [0, 0.05) is 10.5 Å². The Bertz CT molecular complexity index is 141. The fourth-order valence-electron chi connectivity index (χ4n) is 0.721. The number of thioether (sulfide) groups is 1. The zero-order valence-electron chi connectivity index (χ0n) is 9.02. The molecule has 0 aliphatic heterocycles. The molecule has 0 atom stereocenters. The van der Waals surface area contributed by atoms with Crippen LogP contribution in [0.1, 0.15) is 20.8 Å². The first-order valence-corrected chi connectivity index (χ1v) is 5.60. The predicted octanol–water partition coefficient (Wildman–Crippen LogP) is -0.663. The molecule has 0 saturated carbocycles. The Balaban J connectivity index is 0. The normalized spacial score (nSPS) is 11.0. The summed E-state index contributed by atoms with van der Waals surface area (Å²) in [7, 11) is -1.69. The summed E-state index contributed by atoms with van der Waals surface area (Å²) in [5, 5.41) is 16.7. The summed E-state index contributed by atoms with van der Waals surface area (Å²) in [6.07, 6.45) is 0. The molecule has 90 valence electrons. The minimum atomic E-state index is -1.69. The van der Waals surface area contributed by atoms with Crippen molar-refractivity contribution in [3.63, 3.8) is 0 Å². The Morgan fingerprint density at radius 3 is 2.20 bits per heavy atom. The molecule has 2 N–H and O–H groups in total. The van der Waals surface area contributed by atoms with Crippen LogP contribution in [0.15, 0.2) is 0 Å².